The van der Waals surface area contributed by atoms with Crippen LogP contribution in [-0.4, -0.2) is 10.2 Å². The number of phenols is 2. The molecule has 0 fully saturated rings. The fraction of sp³-hybridized carbons (Fsp3) is 0.478. The van der Waals surface area contributed by atoms with Gasteiger partial charge in [0.25, 0.3) is 0 Å². The van der Waals surface area contributed by atoms with Crippen LogP contribution in [0, 0.1) is 13.8 Å². The second-order valence-corrected chi connectivity index (χ2v) is 8.40. The molecule has 0 spiro atoms. The molecule has 2 aromatic rings. The summed E-state index contributed by atoms with van der Waals surface area (Å²) in [5.74, 6) is 1.34. The van der Waals surface area contributed by atoms with Crippen LogP contribution in [0.1, 0.15) is 86.8 Å². The topological polar surface area (TPSA) is 40.5 Å². The van der Waals surface area contributed by atoms with Crippen LogP contribution >= 0.6 is 0 Å². The molecule has 0 heterocycles. The second kappa shape index (κ2) is 6.74. The molecule has 0 saturated carbocycles. The van der Waals surface area contributed by atoms with Gasteiger partial charge in [-0.1, -0.05) is 65.8 Å². The molecule has 0 aliphatic heterocycles. The minimum Gasteiger partial charge on any atom is -0.507 e. The Kier molecular flexibility index (Phi) is 5.22. The zero-order chi connectivity index (χ0) is 19.1. The van der Waals surface area contributed by atoms with E-state index in [1.807, 2.05) is 13.8 Å². The Morgan fingerprint density at radius 1 is 0.680 bits per heavy atom. The number of hydrogen-bond acceptors (Lipinski definition) is 2. The van der Waals surface area contributed by atoms with Crippen molar-refractivity contribution in [2.45, 2.75) is 72.6 Å². The summed E-state index contributed by atoms with van der Waals surface area (Å²) in [6.07, 6.45) is 0. The van der Waals surface area contributed by atoms with Gasteiger partial charge in [0.2, 0.25) is 0 Å². The first kappa shape index (κ1) is 19.4. The van der Waals surface area contributed by atoms with Gasteiger partial charge in [0.05, 0.1) is 0 Å². The summed E-state index contributed by atoms with van der Waals surface area (Å²) in [6.45, 7) is 16.8. The van der Waals surface area contributed by atoms with E-state index in [9.17, 15) is 10.2 Å². The molecule has 0 amide bonds. The molecule has 2 aromatic carbocycles. The van der Waals surface area contributed by atoms with E-state index in [1.54, 1.807) is 0 Å². The molecular formula is C23H32O2. The number of aromatic hydroxyl groups is 2. The van der Waals surface area contributed by atoms with Crippen LogP contribution in [0.4, 0.5) is 0 Å². The van der Waals surface area contributed by atoms with Crippen LogP contribution in [0.3, 0.4) is 0 Å². The lowest BCUT2D eigenvalue weighted by Gasteiger charge is -2.30. The van der Waals surface area contributed by atoms with E-state index in [-0.39, 0.29) is 17.3 Å². The molecule has 0 aromatic heterocycles. The van der Waals surface area contributed by atoms with Crippen molar-refractivity contribution in [3.8, 4) is 11.5 Å². The first-order chi connectivity index (χ1) is 11.5. The first-order valence-electron chi connectivity index (χ1n) is 9.14. The third-order valence-electron chi connectivity index (χ3n) is 5.35. The van der Waals surface area contributed by atoms with Gasteiger partial charge in [0.15, 0.2) is 0 Å². The molecule has 0 unspecified atom stereocenters. The molecule has 0 bridgehead atoms. The summed E-state index contributed by atoms with van der Waals surface area (Å²) < 4.78 is 0. The SMILES string of the molecule is Cc1cc(C(C)(C)c2cc(C)c(O)c(C(C)C)c2)cc(C(C)C)c1O. The molecule has 0 aliphatic rings. The molecule has 2 rings (SSSR count). The summed E-state index contributed by atoms with van der Waals surface area (Å²) >= 11 is 0. The van der Waals surface area contributed by atoms with Crippen molar-refractivity contribution in [2.75, 3.05) is 0 Å². The van der Waals surface area contributed by atoms with E-state index in [4.69, 9.17) is 0 Å². The summed E-state index contributed by atoms with van der Waals surface area (Å²) in [5.41, 5.74) is 5.95. The van der Waals surface area contributed by atoms with Gasteiger partial charge in [0.1, 0.15) is 11.5 Å². The number of aryl methyl sites for hydroxylation is 2. The summed E-state index contributed by atoms with van der Waals surface area (Å²) in [6, 6.07) is 8.42. The molecular weight excluding hydrogens is 308 g/mol. The van der Waals surface area contributed by atoms with Gasteiger partial charge in [-0.25, -0.2) is 0 Å². The third-order valence-corrected chi connectivity index (χ3v) is 5.35. The van der Waals surface area contributed by atoms with Gasteiger partial charge in [-0.2, -0.15) is 0 Å². The summed E-state index contributed by atoms with van der Waals surface area (Å²) in [5, 5.41) is 20.8. The van der Waals surface area contributed by atoms with Gasteiger partial charge in [-0.05, 0) is 59.1 Å². The molecule has 2 nitrogen and oxygen atoms in total. The maximum absolute atomic E-state index is 10.4. The lowest BCUT2D eigenvalue weighted by atomic mass is 9.75. The van der Waals surface area contributed by atoms with Gasteiger partial charge < -0.3 is 10.2 Å². The fourth-order valence-corrected chi connectivity index (χ4v) is 3.38. The summed E-state index contributed by atoms with van der Waals surface area (Å²) in [7, 11) is 0. The normalized spacial score (nSPS) is 12.2. The smallest absolute Gasteiger partial charge is 0.121 e. The van der Waals surface area contributed by atoms with Crippen LogP contribution < -0.4 is 0 Å². The molecule has 0 atom stereocenters. The molecule has 0 saturated heterocycles. The Balaban J connectivity index is 2.67. The van der Waals surface area contributed by atoms with Gasteiger partial charge >= 0.3 is 0 Å². The van der Waals surface area contributed by atoms with E-state index < -0.39 is 0 Å². The van der Waals surface area contributed by atoms with Crippen LogP contribution in [-0.2, 0) is 5.41 Å². The average molecular weight is 341 g/mol. The molecule has 136 valence electrons. The molecule has 2 heteroatoms. The Labute approximate surface area is 152 Å². The van der Waals surface area contributed by atoms with E-state index in [0.717, 1.165) is 22.3 Å². The van der Waals surface area contributed by atoms with Gasteiger partial charge in [-0.15, -0.1) is 0 Å². The van der Waals surface area contributed by atoms with Crippen molar-refractivity contribution in [1.82, 2.24) is 0 Å². The third kappa shape index (κ3) is 3.53. The fourth-order valence-electron chi connectivity index (χ4n) is 3.38. The monoisotopic (exact) mass is 340 g/mol. The Morgan fingerprint density at radius 2 is 1.00 bits per heavy atom. The molecule has 25 heavy (non-hydrogen) atoms. The van der Waals surface area contributed by atoms with E-state index in [0.29, 0.717) is 11.5 Å². The zero-order valence-corrected chi connectivity index (χ0v) is 16.9. The number of hydrogen-bond donors (Lipinski definition) is 2. The van der Waals surface area contributed by atoms with Crippen molar-refractivity contribution < 1.29 is 10.2 Å². The minimum atomic E-state index is -0.218. The largest absolute Gasteiger partial charge is 0.507 e. The van der Waals surface area contributed by atoms with Crippen LogP contribution in [0.15, 0.2) is 24.3 Å². The van der Waals surface area contributed by atoms with Crippen molar-refractivity contribution in [3.63, 3.8) is 0 Å². The maximum Gasteiger partial charge on any atom is 0.121 e. The van der Waals surface area contributed by atoms with E-state index in [2.05, 4.69) is 65.8 Å². The Bertz CT molecular complexity index is 718. The summed E-state index contributed by atoms with van der Waals surface area (Å²) in [4.78, 5) is 0. The highest BCUT2D eigenvalue weighted by molar-refractivity contribution is 5.52. The van der Waals surface area contributed by atoms with Crippen molar-refractivity contribution >= 4 is 0 Å². The highest BCUT2D eigenvalue weighted by atomic mass is 16.3. The standard InChI is InChI=1S/C23H32O2/c1-13(2)19-11-17(9-15(5)21(19)24)23(7,8)18-10-16(6)22(25)20(12-18)14(3)4/h9-14,24-25H,1-8H3. The molecule has 0 radical (unpaired) electrons. The Hall–Kier alpha value is -1.96. The second-order valence-electron chi connectivity index (χ2n) is 8.40. The Morgan fingerprint density at radius 3 is 1.28 bits per heavy atom. The quantitative estimate of drug-likeness (QED) is 0.687. The van der Waals surface area contributed by atoms with Crippen LogP contribution in [0.2, 0.25) is 0 Å². The maximum atomic E-state index is 10.4. The van der Waals surface area contributed by atoms with Crippen LogP contribution in [0.25, 0.3) is 0 Å². The average Bonchev–Trinajstić information content (AvgIpc) is 2.51. The van der Waals surface area contributed by atoms with Crippen LogP contribution in [0.5, 0.6) is 11.5 Å². The highest BCUT2D eigenvalue weighted by Crippen LogP contribution is 2.40. The molecule has 0 aliphatic carbocycles. The lowest BCUT2D eigenvalue weighted by molar-refractivity contribution is 0.458. The van der Waals surface area contributed by atoms with Crippen molar-refractivity contribution in [2.24, 2.45) is 0 Å². The van der Waals surface area contributed by atoms with Gasteiger partial charge in [0, 0.05) is 5.41 Å². The number of rotatable bonds is 4. The predicted octanol–water partition coefficient (Wildman–Crippen LogP) is 6.29. The van der Waals surface area contributed by atoms with Crippen molar-refractivity contribution in [3.05, 3.63) is 57.6 Å². The van der Waals surface area contributed by atoms with E-state index >= 15 is 0 Å². The minimum absolute atomic E-state index is 0.218. The highest BCUT2D eigenvalue weighted by Gasteiger charge is 2.27. The van der Waals surface area contributed by atoms with Crippen molar-refractivity contribution in [1.29, 1.82) is 0 Å². The van der Waals surface area contributed by atoms with Gasteiger partial charge in [-0.3, -0.25) is 0 Å². The molecule has 2 N–H and O–H groups in total. The van der Waals surface area contributed by atoms with E-state index in [1.165, 1.54) is 11.1 Å². The lowest BCUT2D eigenvalue weighted by Crippen LogP contribution is -2.20. The predicted molar refractivity (Wildman–Crippen MR) is 106 cm³/mol. The zero-order valence-electron chi connectivity index (χ0n) is 16.9. The number of benzene rings is 2. The first-order valence-corrected chi connectivity index (χ1v) is 9.14. The number of phenolic OH excluding ortho intramolecular Hbond substituents is 2.